The van der Waals surface area contributed by atoms with Crippen LogP contribution in [-0.2, 0) is 9.59 Å². The van der Waals surface area contributed by atoms with Crippen LogP contribution < -0.4 is 5.32 Å². The van der Waals surface area contributed by atoms with Crippen molar-refractivity contribution < 1.29 is 14.7 Å². The summed E-state index contributed by atoms with van der Waals surface area (Å²) in [6.45, 7) is 5.82. The first-order valence-corrected chi connectivity index (χ1v) is 6.92. The molecule has 0 fully saturated rings. The fraction of sp³-hybridized carbons (Fsp3) is 0.500. The van der Waals surface area contributed by atoms with Gasteiger partial charge in [-0.1, -0.05) is 39.0 Å². The van der Waals surface area contributed by atoms with E-state index in [9.17, 15) is 14.7 Å². The van der Waals surface area contributed by atoms with E-state index in [1.807, 2.05) is 45.0 Å². The number of hydrogen-bond donors (Lipinski definition) is 2. The minimum Gasteiger partial charge on any atom is -0.481 e. The lowest BCUT2D eigenvalue weighted by atomic mass is 9.69. The molecule has 0 radical (unpaired) electrons. The first kappa shape index (κ1) is 14.6. The number of carboxylic acids is 1. The molecule has 0 aromatic heterocycles. The van der Waals surface area contributed by atoms with Crippen molar-refractivity contribution in [1.29, 1.82) is 0 Å². The lowest BCUT2D eigenvalue weighted by Gasteiger charge is -2.34. The Morgan fingerprint density at radius 3 is 2.60 bits per heavy atom. The van der Waals surface area contributed by atoms with E-state index in [0.717, 1.165) is 11.3 Å². The number of nitrogens with one attached hydrogen (secondary N) is 1. The molecule has 0 saturated heterocycles. The number of amides is 1. The number of para-hydroxylation sites is 1. The van der Waals surface area contributed by atoms with Crippen LogP contribution in [0.2, 0.25) is 0 Å². The largest absolute Gasteiger partial charge is 0.481 e. The van der Waals surface area contributed by atoms with Crippen LogP contribution in [0.15, 0.2) is 24.3 Å². The quantitative estimate of drug-likeness (QED) is 0.870. The van der Waals surface area contributed by atoms with Gasteiger partial charge in [0.2, 0.25) is 5.91 Å². The van der Waals surface area contributed by atoms with Crippen molar-refractivity contribution >= 4 is 17.6 Å². The van der Waals surface area contributed by atoms with Gasteiger partial charge >= 0.3 is 5.97 Å². The fourth-order valence-corrected chi connectivity index (χ4v) is 3.08. The smallest absolute Gasteiger partial charge is 0.307 e. The molecule has 1 aromatic rings. The van der Waals surface area contributed by atoms with Crippen LogP contribution in [0.3, 0.4) is 0 Å². The van der Waals surface area contributed by atoms with Crippen molar-refractivity contribution in [2.24, 2.45) is 11.3 Å². The Hall–Kier alpha value is -1.84. The van der Waals surface area contributed by atoms with E-state index in [1.165, 1.54) is 0 Å². The van der Waals surface area contributed by atoms with E-state index in [1.54, 1.807) is 0 Å². The molecular weight excluding hydrogens is 254 g/mol. The molecule has 2 unspecified atom stereocenters. The molecule has 1 aliphatic heterocycles. The van der Waals surface area contributed by atoms with Crippen LogP contribution in [0.4, 0.5) is 5.69 Å². The summed E-state index contributed by atoms with van der Waals surface area (Å²) in [5.74, 6) is -1.51. The Labute approximate surface area is 119 Å². The normalized spacial score (nSPS) is 20.6. The molecule has 2 rings (SSSR count). The van der Waals surface area contributed by atoms with Gasteiger partial charge in [0.25, 0.3) is 0 Å². The first-order chi connectivity index (χ1) is 9.30. The van der Waals surface area contributed by atoms with E-state index in [0.29, 0.717) is 12.8 Å². The lowest BCUT2D eigenvalue weighted by molar-refractivity contribution is -0.147. The summed E-state index contributed by atoms with van der Waals surface area (Å²) < 4.78 is 0. The van der Waals surface area contributed by atoms with Gasteiger partial charge in [-0.25, -0.2) is 0 Å². The maximum atomic E-state index is 11.8. The average molecular weight is 275 g/mol. The predicted molar refractivity (Wildman–Crippen MR) is 77.6 cm³/mol. The van der Waals surface area contributed by atoms with Gasteiger partial charge in [0, 0.05) is 18.0 Å². The van der Waals surface area contributed by atoms with Crippen LogP contribution in [0, 0.1) is 11.3 Å². The second kappa shape index (κ2) is 5.27. The van der Waals surface area contributed by atoms with E-state index >= 15 is 0 Å². The van der Waals surface area contributed by atoms with Crippen molar-refractivity contribution in [3.05, 3.63) is 29.8 Å². The van der Waals surface area contributed by atoms with Crippen molar-refractivity contribution in [2.45, 2.75) is 39.5 Å². The Kier molecular flexibility index (Phi) is 3.84. The highest BCUT2D eigenvalue weighted by molar-refractivity contribution is 5.92. The van der Waals surface area contributed by atoms with Gasteiger partial charge in [0.1, 0.15) is 0 Å². The summed E-state index contributed by atoms with van der Waals surface area (Å²) in [7, 11) is 0. The molecule has 4 heteroatoms. The molecule has 2 N–H and O–H groups in total. The highest BCUT2D eigenvalue weighted by atomic mass is 16.4. The monoisotopic (exact) mass is 275 g/mol. The molecule has 1 aromatic carbocycles. The second-order valence-corrected chi connectivity index (χ2v) is 6.46. The van der Waals surface area contributed by atoms with Crippen LogP contribution in [-0.4, -0.2) is 17.0 Å². The molecule has 0 aliphatic carbocycles. The highest BCUT2D eigenvalue weighted by Gasteiger charge is 2.40. The predicted octanol–water partition coefficient (Wildman–Crippen LogP) is 3.25. The number of carboxylic acid groups (broad SMARTS) is 1. The van der Waals surface area contributed by atoms with Crippen molar-refractivity contribution in [1.82, 2.24) is 0 Å². The van der Waals surface area contributed by atoms with E-state index < -0.39 is 11.9 Å². The summed E-state index contributed by atoms with van der Waals surface area (Å²) >= 11 is 0. The van der Waals surface area contributed by atoms with Crippen LogP contribution in [0.25, 0.3) is 0 Å². The number of benzene rings is 1. The standard InChI is InChI=1S/C16H21NO3/c1-16(2,3)14(15(19)20)11-8-9-13(18)17-12-7-5-4-6-10(11)12/h4-7,11,14H,8-9H2,1-3H3,(H,17,18)(H,19,20). The minimum atomic E-state index is -0.799. The zero-order valence-corrected chi connectivity index (χ0v) is 12.1. The van der Waals surface area contributed by atoms with E-state index in [2.05, 4.69) is 5.32 Å². The highest BCUT2D eigenvalue weighted by Crippen LogP contribution is 2.44. The Morgan fingerprint density at radius 2 is 2.00 bits per heavy atom. The molecule has 0 saturated carbocycles. The molecule has 0 spiro atoms. The van der Waals surface area contributed by atoms with Crippen molar-refractivity contribution in [2.75, 3.05) is 5.32 Å². The van der Waals surface area contributed by atoms with Crippen LogP contribution in [0.5, 0.6) is 0 Å². The van der Waals surface area contributed by atoms with Crippen molar-refractivity contribution in [3.8, 4) is 0 Å². The number of carbonyl (C=O) groups is 2. The van der Waals surface area contributed by atoms with E-state index in [4.69, 9.17) is 0 Å². The van der Waals surface area contributed by atoms with E-state index in [-0.39, 0.29) is 17.2 Å². The van der Waals surface area contributed by atoms with Crippen LogP contribution >= 0.6 is 0 Å². The number of aliphatic carboxylic acids is 1. The summed E-state index contributed by atoms with van der Waals surface area (Å²) in [4.78, 5) is 23.5. The maximum Gasteiger partial charge on any atom is 0.307 e. The Balaban J connectivity index is 2.50. The lowest BCUT2D eigenvalue weighted by Crippen LogP contribution is -2.34. The number of carbonyl (C=O) groups excluding carboxylic acids is 1. The van der Waals surface area contributed by atoms with Crippen LogP contribution in [0.1, 0.15) is 45.1 Å². The molecule has 1 aliphatic rings. The number of anilines is 1. The minimum absolute atomic E-state index is 0.0435. The zero-order chi connectivity index (χ0) is 14.9. The number of rotatable bonds is 2. The summed E-state index contributed by atoms with van der Waals surface area (Å²) in [5.41, 5.74) is 1.31. The SMILES string of the molecule is CC(C)(C)C(C(=O)O)C1CCC(=O)Nc2ccccc21. The third-order valence-corrected chi connectivity index (χ3v) is 3.92. The third-order valence-electron chi connectivity index (χ3n) is 3.92. The topological polar surface area (TPSA) is 66.4 Å². The molecule has 20 heavy (non-hydrogen) atoms. The molecule has 1 heterocycles. The average Bonchev–Trinajstić information content (AvgIpc) is 2.47. The summed E-state index contributed by atoms with van der Waals surface area (Å²) in [6.07, 6.45) is 0.927. The number of fused-ring (bicyclic) bond motifs is 1. The second-order valence-electron chi connectivity index (χ2n) is 6.46. The zero-order valence-electron chi connectivity index (χ0n) is 12.1. The third kappa shape index (κ3) is 2.84. The summed E-state index contributed by atoms with van der Waals surface area (Å²) in [6, 6.07) is 7.51. The van der Waals surface area contributed by atoms with Gasteiger partial charge < -0.3 is 10.4 Å². The molecule has 4 nitrogen and oxygen atoms in total. The van der Waals surface area contributed by atoms with Gasteiger partial charge in [-0.2, -0.15) is 0 Å². The molecule has 108 valence electrons. The molecule has 2 atom stereocenters. The van der Waals surface area contributed by atoms with Gasteiger partial charge in [0.05, 0.1) is 5.92 Å². The fourth-order valence-electron chi connectivity index (χ4n) is 3.08. The van der Waals surface area contributed by atoms with Gasteiger partial charge in [0.15, 0.2) is 0 Å². The summed E-state index contributed by atoms with van der Waals surface area (Å²) in [5, 5.41) is 12.5. The Morgan fingerprint density at radius 1 is 1.35 bits per heavy atom. The molecule has 1 amide bonds. The van der Waals surface area contributed by atoms with Gasteiger partial charge in [-0.3, -0.25) is 9.59 Å². The van der Waals surface area contributed by atoms with Crippen molar-refractivity contribution in [3.63, 3.8) is 0 Å². The molecular formula is C16H21NO3. The van der Waals surface area contributed by atoms with Gasteiger partial charge in [-0.05, 0) is 23.5 Å². The van der Waals surface area contributed by atoms with Gasteiger partial charge in [-0.15, -0.1) is 0 Å². The Bertz CT molecular complexity index is 531. The molecule has 0 bridgehead atoms. The maximum absolute atomic E-state index is 11.8. The first-order valence-electron chi connectivity index (χ1n) is 6.92. The number of hydrogen-bond acceptors (Lipinski definition) is 2.